The van der Waals surface area contributed by atoms with Gasteiger partial charge in [0.25, 0.3) is 0 Å². The lowest BCUT2D eigenvalue weighted by molar-refractivity contribution is -0.380. The Morgan fingerprint density at radius 3 is 1.47 bits per heavy atom. The third kappa shape index (κ3) is 13.0. The fraction of sp³-hybridized carbons (Fsp3) is 0.950. The second kappa shape index (κ2) is 27.4. The number of Topliss-reactive ketones (excluding diaryl/α,β-unsaturated/α-hetero) is 1. The van der Waals surface area contributed by atoms with Crippen LogP contribution in [0.3, 0.4) is 0 Å². The summed E-state index contributed by atoms with van der Waals surface area (Å²) >= 11 is 0. The number of aliphatic hydroxyl groups is 18. The van der Waals surface area contributed by atoms with Gasteiger partial charge in [-0.15, -0.1) is 0 Å². The fourth-order valence-corrected chi connectivity index (χ4v) is 16.7. The number of carbonyl (C=O) groups is 1. The molecular formula is C60H100O29. The molecule has 5 saturated heterocycles. The van der Waals surface area contributed by atoms with Crippen LogP contribution in [-0.4, -0.2) is 302 Å². The number of allylic oxidation sites excluding steroid dienone is 1. The second-order valence-electron chi connectivity index (χ2n) is 28.5. The van der Waals surface area contributed by atoms with Gasteiger partial charge in [0, 0.05) is 17.3 Å². The van der Waals surface area contributed by atoms with Crippen LogP contribution in [0.4, 0.5) is 0 Å². The van der Waals surface area contributed by atoms with Gasteiger partial charge in [-0.05, 0) is 93.3 Å². The molecule has 34 atom stereocenters. The first-order chi connectivity index (χ1) is 41.6. The normalized spacial score (nSPS) is 51.0. The van der Waals surface area contributed by atoms with E-state index in [9.17, 15) is 91.9 Å². The summed E-state index contributed by atoms with van der Waals surface area (Å²) in [5, 5.41) is 192. The average Bonchev–Trinajstić information content (AvgIpc) is 1.66. The molecule has 3 saturated carbocycles. The van der Waals surface area contributed by atoms with Crippen molar-refractivity contribution in [3.05, 3.63) is 11.6 Å². The maximum Gasteiger partial charge on any atom is 0.187 e. The Bertz CT molecular complexity index is 2390. The number of hydrogen-bond acceptors (Lipinski definition) is 29. The van der Waals surface area contributed by atoms with Gasteiger partial charge < -0.3 is 139 Å². The largest absolute Gasteiger partial charge is 0.394 e. The molecule has 9 aliphatic rings. The monoisotopic (exact) mass is 1280 g/mol. The molecule has 29 nitrogen and oxygen atoms in total. The van der Waals surface area contributed by atoms with E-state index in [-0.39, 0.29) is 47.7 Å². The Labute approximate surface area is 516 Å². The van der Waals surface area contributed by atoms with Crippen molar-refractivity contribution in [1.29, 1.82) is 0 Å². The molecule has 18 N–H and O–H groups in total. The molecule has 8 fully saturated rings. The number of ether oxygens (including phenoxy) is 10. The maximum atomic E-state index is 15.4. The van der Waals surface area contributed by atoms with Crippen LogP contribution in [0, 0.1) is 45.3 Å². The molecule has 514 valence electrons. The molecule has 0 unspecified atom stereocenters. The van der Waals surface area contributed by atoms with Crippen LogP contribution in [0.5, 0.6) is 0 Å². The van der Waals surface area contributed by atoms with Gasteiger partial charge in [-0.3, -0.25) is 4.79 Å². The van der Waals surface area contributed by atoms with E-state index in [2.05, 4.69) is 33.8 Å². The summed E-state index contributed by atoms with van der Waals surface area (Å²) in [5.74, 6) is -0.178. The minimum Gasteiger partial charge on any atom is -0.394 e. The van der Waals surface area contributed by atoms with Crippen LogP contribution in [0.15, 0.2) is 11.6 Å². The summed E-state index contributed by atoms with van der Waals surface area (Å²) in [5.41, 5.74) is -2.96. The fourth-order valence-electron chi connectivity index (χ4n) is 16.7. The van der Waals surface area contributed by atoms with Crippen molar-refractivity contribution < 1.29 is 144 Å². The Hall–Kier alpha value is -1.71. The zero-order valence-corrected chi connectivity index (χ0v) is 51.7. The minimum absolute atomic E-state index is 0.00532. The molecule has 29 heteroatoms. The number of carbonyl (C=O) groups excluding carboxylic acids is 1. The van der Waals surface area contributed by atoms with Gasteiger partial charge in [0.15, 0.2) is 31.5 Å². The van der Waals surface area contributed by atoms with E-state index in [0.29, 0.717) is 25.7 Å². The zero-order valence-electron chi connectivity index (χ0n) is 51.7. The van der Waals surface area contributed by atoms with Crippen molar-refractivity contribution in [3.8, 4) is 0 Å². The first-order valence-electron chi connectivity index (χ1n) is 31.4. The lowest BCUT2D eigenvalue weighted by Crippen LogP contribution is -2.65. The molecule has 9 rings (SSSR count). The van der Waals surface area contributed by atoms with Crippen molar-refractivity contribution >= 4 is 5.78 Å². The molecule has 5 heterocycles. The highest BCUT2D eigenvalue weighted by Gasteiger charge is 2.71. The summed E-state index contributed by atoms with van der Waals surface area (Å²) in [4.78, 5) is 15.4. The SMILES string of the molecule is C[C@@H](CC[C@H](O[C@H]1O[C@H](CO[C@H]2O[C@H](CO)[C@@H](O)[C@@H](O)[C@H]2O)[C@@H](O)[C@@H](O)[C@H]1O[C@H]1O[C@H](CO)[C@@H](O)[C@@H](O)[C@H]1O)C(C)(C)O)[C@H]1CC[C@@]2(C)[C@@H]3CC=C4[C@H](CC[C@@H](O[C@H]5O[C@H](CO[C@H]6O[C@H](CO)[C@@H](O)[C@@H](O)[C@H]6O)[C@@H](O)[C@@H](O)[C@H]5O)C4(C)C)[C@@]3(C)C(=O)C[C@@]12C. The van der Waals surface area contributed by atoms with Crippen LogP contribution >= 0.6 is 0 Å². The second-order valence-corrected chi connectivity index (χ2v) is 28.5. The molecule has 0 radical (unpaired) electrons. The van der Waals surface area contributed by atoms with Crippen LogP contribution < -0.4 is 0 Å². The van der Waals surface area contributed by atoms with E-state index in [4.69, 9.17) is 47.4 Å². The van der Waals surface area contributed by atoms with Crippen molar-refractivity contribution in [2.45, 2.75) is 278 Å². The van der Waals surface area contributed by atoms with Gasteiger partial charge in [-0.1, -0.05) is 53.2 Å². The molecule has 0 spiro atoms. The van der Waals surface area contributed by atoms with E-state index in [0.717, 1.165) is 18.4 Å². The van der Waals surface area contributed by atoms with Crippen LogP contribution in [0.25, 0.3) is 0 Å². The number of hydrogen-bond donors (Lipinski definition) is 18. The smallest absolute Gasteiger partial charge is 0.187 e. The highest BCUT2D eigenvalue weighted by atomic mass is 16.8. The van der Waals surface area contributed by atoms with Crippen molar-refractivity contribution in [2.24, 2.45) is 45.3 Å². The maximum absolute atomic E-state index is 15.4. The van der Waals surface area contributed by atoms with Gasteiger partial charge >= 0.3 is 0 Å². The summed E-state index contributed by atoms with van der Waals surface area (Å²) in [7, 11) is 0. The van der Waals surface area contributed by atoms with Crippen LogP contribution in [0.2, 0.25) is 0 Å². The van der Waals surface area contributed by atoms with Gasteiger partial charge in [0.2, 0.25) is 0 Å². The Morgan fingerprint density at radius 1 is 0.539 bits per heavy atom. The zero-order chi connectivity index (χ0) is 65.5. The van der Waals surface area contributed by atoms with E-state index >= 15 is 4.79 Å². The number of ketones is 1. The topological polar surface area (TPSA) is 474 Å². The highest BCUT2D eigenvalue weighted by Crippen LogP contribution is 2.74. The first kappa shape index (κ1) is 71.6. The molecule has 0 aromatic heterocycles. The highest BCUT2D eigenvalue weighted by molar-refractivity contribution is 5.88. The van der Waals surface area contributed by atoms with E-state index < -0.39 is 221 Å². The standard InChI is InChI=1S/C60H100O29/c1-23(9-13-35(57(4,5)79)88-55-50(89-54-49(78)43(72)38(67)29(20-63)84-54)45(74)40(69)31(86-55)22-81-52-47(76)42(71)37(66)28(19-62)83-52)24-15-16-58(6)32-12-10-25-26(60(32,8)33(64)17-59(24,58)7)11-14-34(56(25,2)3)87-53-48(77)44(73)39(68)30(85-53)21-80-51-46(75)41(70)36(65)27(18-61)82-51/h10,23-24,26-32,34-55,61-63,65-79H,9,11-22H2,1-8H3/t23-,24+,26-,27+,28+,29+,30+,31+,32-,34+,35-,36+,37+,38+,39+,40+,41+,42+,43+,44+,45+,46+,47+,48+,49+,50+,51-,52-,53+,54+,55+,58-,59-,60+/m0/s1. The third-order valence-corrected chi connectivity index (χ3v) is 22.6. The molecule has 0 aromatic carbocycles. The predicted octanol–water partition coefficient (Wildman–Crippen LogP) is -5.20. The predicted molar refractivity (Wildman–Crippen MR) is 299 cm³/mol. The molecule has 0 aromatic rings. The lowest BCUT2D eigenvalue weighted by Gasteiger charge is -2.65. The number of rotatable bonds is 20. The summed E-state index contributed by atoms with van der Waals surface area (Å²) < 4.78 is 59.2. The van der Waals surface area contributed by atoms with Crippen molar-refractivity contribution in [2.75, 3.05) is 33.0 Å². The Morgan fingerprint density at radius 2 is 0.978 bits per heavy atom. The third-order valence-electron chi connectivity index (χ3n) is 22.6. The van der Waals surface area contributed by atoms with Crippen LogP contribution in [0.1, 0.15) is 107 Å². The van der Waals surface area contributed by atoms with Gasteiger partial charge in [0.1, 0.15) is 128 Å². The molecule has 4 aliphatic carbocycles. The molecule has 89 heavy (non-hydrogen) atoms. The van der Waals surface area contributed by atoms with Crippen molar-refractivity contribution in [3.63, 3.8) is 0 Å². The Kier molecular flexibility index (Phi) is 22.1. The first-order valence-corrected chi connectivity index (χ1v) is 31.4. The minimum atomic E-state index is -1.97. The number of fused-ring (bicyclic) bond motifs is 5. The molecule has 0 bridgehead atoms. The molecule has 0 amide bonds. The van der Waals surface area contributed by atoms with Gasteiger partial charge in [-0.25, -0.2) is 0 Å². The van der Waals surface area contributed by atoms with E-state index in [1.165, 1.54) is 13.8 Å². The summed E-state index contributed by atoms with van der Waals surface area (Å²) in [6.45, 7) is 12.2. The van der Waals surface area contributed by atoms with Gasteiger partial charge in [-0.2, -0.15) is 0 Å². The van der Waals surface area contributed by atoms with Crippen LogP contribution in [-0.2, 0) is 52.2 Å². The lowest BCUT2D eigenvalue weighted by atomic mass is 9.38. The Balaban J connectivity index is 0.884. The van der Waals surface area contributed by atoms with E-state index in [1.807, 2.05) is 13.8 Å². The van der Waals surface area contributed by atoms with E-state index in [1.54, 1.807) is 0 Å². The average molecular weight is 1290 g/mol. The number of aliphatic hydroxyl groups excluding tert-OH is 17. The van der Waals surface area contributed by atoms with Crippen molar-refractivity contribution in [1.82, 2.24) is 0 Å². The van der Waals surface area contributed by atoms with Gasteiger partial charge in [0.05, 0.1) is 50.8 Å². The quantitative estimate of drug-likeness (QED) is 0.0507. The summed E-state index contributed by atoms with van der Waals surface area (Å²) in [6.07, 6.45) is -37.4. The summed E-state index contributed by atoms with van der Waals surface area (Å²) in [6, 6.07) is 0. The molecular weight excluding hydrogens is 1180 g/mol. The molecule has 5 aliphatic heterocycles.